The number of aromatic nitrogens is 3. The van der Waals surface area contributed by atoms with E-state index in [2.05, 4.69) is 20.7 Å². The van der Waals surface area contributed by atoms with E-state index in [-0.39, 0.29) is 11.8 Å². The van der Waals surface area contributed by atoms with Crippen LogP contribution in [0.15, 0.2) is 18.2 Å². The van der Waals surface area contributed by atoms with Gasteiger partial charge in [-0.25, -0.2) is 0 Å². The molecule has 0 spiro atoms. The summed E-state index contributed by atoms with van der Waals surface area (Å²) < 4.78 is 0. The van der Waals surface area contributed by atoms with E-state index in [1.807, 2.05) is 0 Å². The van der Waals surface area contributed by atoms with Crippen LogP contribution in [0.25, 0.3) is 11.0 Å². The molecular formula is C12H13N5O2. The molecule has 1 fully saturated rings. The highest BCUT2D eigenvalue weighted by Crippen LogP contribution is 2.15. The van der Waals surface area contributed by atoms with Crippen molar-refractivity contribution in [2.75, 3.05) is 13.1 Å². The Hall–Kier alpha value is -2.44. The van der Waals surface area contributed by atoms with Gasteiger partial charge in [-0.15, -0.1) is 0 Å². The largest absolute Gasteiger partial charge is 0.353 e. The van der Waals surface area contributed by atoms with Gasteiger partial charge in [-0.1, -0.05) is 0 Å². The lowest BCUT2D eigenvalue weighted by atomic mass is 10.1. The molecule has 1 aromatic carbocycles. The minimum atomic E-state index is -0.450. The van der Waals surface area contributed by atoms with Crippen LogP contribution >= 0.6 is 0 Å². The van der Waals surface area contributed by atoms with Crippen molar-refractivity contribution in [3.8, 4) is 0 Å². The van der Waals surface area contributed by atoms with Crippen molar-refractivity contribution in [1.29, 1.82) is 0 Å². The van der Waals surface area contributed by atoms with E-state index in [9.17, 15) is 9.59 Å². The van der Waals surface area contributed by atoms with Crippen molar-refractivity contribution in [2.45, 2.75) is 13.0 Å². The van der Waals surface area contributed by atoms with Gasteiger partial charge in [-0.3, -0.25) is 9.59 Å². The van der Waals surface area contributed by atoms with Crippen molar-refractivity contribution >= 4 is 22.8 Å². The van der Waals surface area contributed by atoms with Gasteiger partial charge in [0.25, 0.3) is 5.91 Å². The molecule has 0 saturated carbocycles. The highest BCUT2D eigenvalue weighted by atomic mass is 16.2. The first-order valence-corrected chi connectivity index (χ1v) is 6.06. The molecule has 1 aliphatic heterocycles. The molecule has 0 aliphatic carbocycles. The standard InChI is InChI=1S/C12H13N5O2/c1-7-11(18)13-4-5-17(7)12(19)8-2-3-9-10(6-8)15-16-14-9/h2-3,6-7H,4-5H2,1H3,(H,13,18)(H,14,15,16). The summed E-state index contributed by atoms with van der Waals surface area (Å²) >= 11 is 0. The van der Waals surface area contributed by atoms with E-state index >= 15 is 0 Å². The normalized spacial score (nSPS) is 19.5. The molecule has 98 valence electrons. The first-order chi connectivity index (χ1) is 9.16. The number of H-pyrrole nitrogens is 1. The Morgan fingerprint density at radius 2 is 2.16 bits per heavy atom. The second-order valence-corrected chi connectivity index (χ2v) is 4.49. The molecule has 19 heavy (non-hydrogen) atoms. The Balaban J connectivity index is 1.92. The molecule has 2 heterocycles. The lowest BCUT2D eigenvalue weighted by Gasteiger charge is -2.32. The lowest BCUT2D eigenvalue weighted by molar-refractivity contribution is -0.127. The first kappa shape index (κ1) is 11.6. The maximum absolute atomic E-state index is 12.4. The van der Waals surface area contributed by atoms with Crippen molar-refractivity contribution < 1.29 is 9.59 Å². The van der Waals surface area contributed by atoms with E-state index in [1.54, 1.807) is 30.0 Å². The van der Waals surface area contributed by atoms with Gasteiger partial charge in [0.2, 0.25) is 5.91 Å². The molecule has 2 amide bonds. The molecule has 2 N–H and O–H groups in total. The van der Waals surface area contributed by atoms with E-state index in [1.165, 1.54) is 0 Å². The van der Waals surface area contributed by atoms with Gasteiger partial charge >= 0.3 is 0 Å². The fourth-order valence-corrected chi connectivity index (χ4v) is 2.20. The van der Waals surface area contributed by atoms with Crippen molar-refractivity contribution in [1.82, 2.24) is 25.6 Å². The zero-order valence-corrected chi connectivity index (χ0v) is 10.4. The third-order valence-electron chi connectivity index (χ3n) is 3.32. The molecule has 1 aromatic heterocycles. The number of hydrogen-bond donors (Lipinski definition) is 2. The second kappa shape index (κ2) is 4.34. The van der Waals surface area contributed by atoms with Crippen molar-refractivity contribution in [2.24, 2.45) is 0 Å². The number of nitrogens with zero attached hydrogens (tertiary/aromatic N) is 3. The predicted octanol–water partition coefficient (Wildman–Crippen LogP) is -0.0816. The average Bonchev–Trinajstić information content (AvgIpc) is 2.88. The van der Waals surface area contributed by atoms with Gasteiger partial charge in [-0.05, 0) is 25.1 Å². The summed E-state index contributed by atoms with van der Waals surface area (Å²) in [5.41, 5.74) is 1.86. The molecule has 1 unspecified atom stereocenters. The van der Waals surface area contributed by atoms with Gasteiger partial charge in [0, 0.05) is 18.7 Å². The fourth-order valence-electron chi connectivity index (χ4n) is 2.20. The Labute approximate surface area is 109 Å². The zero-order chi connectivity index (χ0) is 13.4. The monoisotopic (exact) mass is 259 g/mol. The minimum absolute atomic E-state index is 0.123. The highest BCUT2D eigenvalue weighted by Gasteiger charge is 2.29. The van der Waals surface area contributed by atoms with Gasteiger partial charge in [0.05, 0.1) is 0 Å². The molecule has 1 atom stereocenters. The molecular weight excluding hydrogens is 246 g/mol. The van der Waals surface area contributed by atoms with Gasteiger partial charge in [0.15, 0.2) is 0 Å². The van der Waals surface area contributed by atoms with E-state index in [0.717, 1.165) is 0 Å². The molecule has 1 saturated heterocycles. The molecule has 7 nitrogen and oxygen atoms in total. The Morgan fingerprint density at radius 1 is 1.37 bits per heavy atom. The van der Waals surface area contributed by atoms with Crippen LogP contribution in [0.2, 0.25) is 0 Å². The van der Waals surface area contributed by atoms with Crippen LogP contribution in [-0.4, -0.2) is 51.3 Å². The maximum Gasteiger partial charge on any atom is 0.254 e. The SMILES string of the molecule is CC1C(=O)NCCN1C(=O)c1ccc2n[nH]nc2c1. The summed E-state index contributed by atoms with van der Waals surface area (Å²) in [7, 11) is 0. The number of fused-ring (bicyclic) bond motifs is 1. The van der Waals surface area contributed by atoms with E-state index in [0.29, 0.717) is 29.7 Å². The summed E-state index contributed by atoms with van der Waals surface area (Å²) in [5.74, 6) is -0.283. The third kappa shape index (κ3) is 1.92. The summed E-state index contributed by atoms with van der Waals surface area (Å²) in [4.78, 5) is 25.6. The summed E-state index contributed by atoms with van der Waals surface area (Å²) in [5, 5.41) is 13.1. The quantitative estimate of drug-likeness (QED) is 0.749. The Bertz CT molecular complexity index is 650. The number of hydrogen-bond acceptors (Lipinski definition) is 4. The molecule has 2 aromatic rings. The Morgan fingerprint density at radius 3 is 3.00 bits per heavy atom. The van der Waals surface area contributed by atoms with Gasteiger partial charge in [0.1, 0.15) is 17.1 Å². The number of carbonyl (C=O) groups excluding carboxylic acids is 2. The number of amides is 2. The maximum atomic E-state index is 12.4. The average molecular weight is 259 g/mol. The van der Waals surface area contributed by atoms with Crippen LogP contribution in [0.4, 0.5) is 0 Å². The molecule has 0 bridgehead atoms. The van der Waals surface area contributed by atoms with Crippen LogP contribution in [0.5, 0.6) is 0 Å². The highest BCUT2D eigenvalue weighted by molar-refractivity contribution is 6.00. The number of piperazine rings is 1. The topological polar surface area (TPSA) is 91.0 Å². The lowest BCUT2D eigenvalue weighted by Crippen LogP contribution is -2.55. The fraction of sp³-hybridized carbons (Fsp3) is 0.333. The zero-order valence-electron chi connectivity index (χ0n) is 10.4. The van der Waals surface area contributed by atoms with Gasteiger partial charge < -0.3 is 10.2 Å². The molecule has 3 rings (SSSR count). The van der Waals surface area contributed by atoms with Crippen LogP contribution in [0.1, 0.15) is 17.3 Å². The second-order valence-electron chi connectivity index (χ2n) is 4.49. The first-order valence-electron chi connectivity index (χ1n) is 6.06. The third-order valence-corrected chi connectivity index (χ3v) is 3.32. The minimum Gasteiger partial charge on any atom is -0.353 e. The summed E-state index contributed by atoms with van der Waals surface area (Å²) in [6.07, 6.45) is 0. The molecule has 7 heteroatoms. The number of rotatable bonds is 1. The van der Waals surface area contributed by atoms with E-state index in [4.69, 9.17) is 0 Å². The predicted molar refractivity (Wildman–Crippen MR) is 67.4 cm³/mol. The number of benzene rings is 1. The van der Waals surface area contributed by atoms with Crippen LogP contribution in [-0.2, 0) is 4.79 Å². The Kier molecular flexibility index (Phi) is 2.66. The van der Waals surface area contributed by atoms with Crippen LogP contribution < -0.4 is 5.32 Å². The van der Waals surface area contributed by atoms with Crippen LogP contribution in [0.3, 0.4) is 0 Å². The van der Waals surface area contributed by atoms with Crippen molar-refractivity contribution in [3.63, 3.8) is 0 Å². The van der Waals surface area contributed by atoms with Crippen molar-refractivity contribution in [3.05, 3.63) is 23.8 Å². The molecule has 0 radical (unpaired) electrons. The smallest absolute Gasteiger partial charge is 0.254 e. The van der Waals surface area contributed by atoms with Gasteiger partial charge in [-0.2, -0.15) is 15.4 Å². The van der Waals surface area contributed by atoms with Crippen LogP contribution in [0, 0.1) is 0 Å². The number of nitrogens with one attached hydrogen (secondary N) is 2. The summed E-state index contributed by atoms with van der Waals surface area (Å²) in [6.45, 7) is 2.73. The summed E-state index contributed by atoms with van der Waals surface area (Å²) in [6, 6.07) is 4.67. The van der Waals surface area contributed by atoms with E-state index < -0.39 is 6.04 Å². The molecule has 1 aliphatic rings. The number of aromatic amines is 1. The number of carbonyl (C=O) groups is 2.